The monoisotopic (exact) mass is 253 g/mol. The fourth-order valence-electron chi connectivity index (χ4n) is 2.91. The van der Waals surface area contributed by atoms with Crippen LogP contribution in [-0.2, 0) is 0 Å². The molecule has 1 aliphatic heterocycles. The predicted molar refractivity (Wildman–Crippen MR) is 79.0 cm³/mol. The van der Waals surface area contributed by atoms with Gasteiger partial charge in [-0.25, -0.2) is 0 Å². The lowest BCUT2D eigenvalue weighted by Gasteiger charge is -2.39. The van der Waals surface area contributed by atoms with Gasteiger partial charge in [0.2, 0.25) is 0 Å². The van der Waals surface area contributed by atoms with Crippen LogP contribution < -0.4 is 5.73 Å². The molecular formula is C15H31N3. The Morgan fingerprint density at radius 3 is 2.28 bits per heavy atom. The molecule has 1 rings (SSSR count). The van der Waals surface area contributed by atoms with Gasteiger partial charge in [-0.05, 0) is 46.1 Å². The first-order valence-corrected chi connectivity index (χ1v) is 7.45. The largest absolute Gasteiger partial charge is 0.387 e. The quantitative estimate of drug-likeness (QED) is 0.433. The summed E-state index contributed by atoms with van der Waals surface area (Å²) in [7, 11) is 0. The number of amidine groups is 1. The molecule has 3 N–H and O–H groups in total. The molecule has 0 spiro atoms. The number of likely N-dealkylation sites (tertiary alicyclic amines) is 1. The van der Waals surface area contributed by atoms with Crippen molar-refractivity contribution in [1.82, 2.24) is 4.90 Å². The first-order valence-electron chi connectivity index (χ1n) is 7.45. The molecule has 0 amide bonds. The molecule has 0 radical (unpaired) electrons. The lowest BCUT2D eigenvalue weighted by Crippen LogP contribution is -2.44. The van der Waals surface area contributed by atoms with Gasteiger partial charge >= 0.3 is 0 Å². The van der Waals surface area contributed by atoms with Crippen molar-refractivity contribution in [2.45, 2.75) is 78.3 Å². The summed E-state index contributed by atoms with van der Waals surface area (Å²) in [5, 5.41) is 7.56. The summed E-state index contributed by atoms with van der Waals surface area (Å²) in [6.45, 7) is 10.1. The van der Waals surface area contributed by atoms with E-state index in [0.29, 0.717) is 5.84 Å². The third-order valence-corrected chi connectivity index (χ3v) is 4.57. The second kappa shape index (κ2) is 6.55. The molecule has 3 nitrogen and oxygen atoms in total. The summed E-state index contributed by atoms with van der Waals surface area (Å²) in [4.78, 5) is 2.66. The Morgan fingerprint density at radius 2 is 1.78 bits per heavy atom. The minimum atomic E-state index is -0.126. The molecule has 1 aliphatic rings. The lowest BCUT2D eigenvalue weighted by molar-refractivity contribution is 0.101. The van der Waals surface area contributed by atoms with Gasteiger partial charge in [0.15, 0.2) is 0 Å². The van der Waals surface area contributed by atoms with Crippen LogP contribution in [0.2, 0.25) is 0 Å². The second-order valence-corrected chi connectivity index (χ2v) is 6.62. The van der Waals surface area contributed by atoms with Crippen LogP contribution in [0.15, 0.2) is 0 Å². The fourth-order valence-corrected chi connectivity index (χ4v) is 2.91. The molecule has 0 saturated carbocycles. The Labute approximate surface area is 113 Å². The van der Waals surface area contributed by atoms with Gasteiger partial charge < -0.3 is 5.73 Å². The van der Waals surface area contributed by atoms with Crippen molar-refractivity contribution < 1.29 is 0 Å². The molecule has 1 saturated heterocycles. The zero-order valence-electron chi connectivity index (χ0n) is 12.6. The second-order valence-electron chi connectivity index (χ2n) is 6.62. The van der Waals surface area contributed by atoms with E-state index in [2.05, 4.69) is 32.6 Å². The minimum absolute atomic E-state index is 0.126. The highest BCUT2D eigenvalue weighted by Gasteiger charge is 2.25. The van der Waals surface area contributed by atoms with Crippen molar-refractivity contribution >= 4 is 5.84 Å². The van der Waals surface area contributed by atoms with Crippen molar-refractivity contribution in [3.8, 4) is 0 Å². The molecule has 1 fully saturated rings. The van der Waals surface area contributed by atoms with E-state index in [1.54, 1.807) is 0 Å². The molecule has 3 heteroatoms. The van der Waals surface area contributed by atoms with Gasteiger partial charge in [0.05, 0.1) is 5.84 Å². The number of piperidine rings is 1. The first-order chi connectivity index (χ1) is 8.34. The maximum Gasteiger partial charge on any atom is 0.0963 e. The van der Waals surface area contributed by atoms with E-state index in [0.717, 1.165) is 18.5 Å². The smallest absolute Gasteiger partial charge is 0.0963 e. The summed E-state index contributed by atoms with van der Waals surface area (Å²) >= 11 is 0. The standard InChI is InChI=1S/C15H31N3/c1-12-8-7-9-13(2)18(12)11-6-5-10-15(3,4)14(16)17/h12-13H,5-11H2,1-4H3,(H3,16,17). The maximum absolute atomic E-state index is 7.56. The lowest BCUT2D eigenvalue weighted by atomic mass is 9.86. The van der Waals surface area contributed by atoms with E-state index >= 15 is 0 Å². The number of hydrogen-bond acceptors (Lipinski definition) is 2. The fraction of sp³-hybridized carbons (Fsp3) is 0.933. The van der Waals surface area contributed by atoms with Crippen LogP contribution in [0.5, 0.6) is 0 Å². The summed E-state index contributed by atoms with van der Waals surface area (Å²) < 4.78 is 0. The van der Waals surface area contributed by atoms with Gasteiger partial charge in [-0.3, -0.25) is 10.3 Å². The number of hydrogen-bond donors (Lipinski definition) is 2. The summed E-state index contributed by atoms with van der Waals surface area (Å²) in [5.74, 6) is 0.321. The van der Waals surface area contributed by atoms with Gasteiger partial charge in [-0.2, -0.15) is 0 Å². The Balaban J connectivity index is 2.27. The Bertz CT molecular complexity index is 263. The zero-order valence-corrected chi connectivity index (χ0v) is 12.6. The molecule has 0 aliphatic carbocycles. The van der Waals surface area contributed by atoms with Gasteiger partial charge in [-0.1, -0.05) is 26.7 Å². The average molecular weight is 253 g/mol. The number of nitrogens with one attached hydrogen (secondary N) is 1. The minimum Gasteiger partial charge on any atom is -0.387 e. The summed E-state index contributed by atoms with van der Waals surface area (Å²) in [5.41, 5.74) is 5.49. The highest BCUT2D eigenvalue weighted by molar-refractivity contribution is 5.82. The van der Waals surface area contributed by atoms with Crippen LogP contribution in [0.1, 0.15) is 66.2 Å². The third kappa shape index (κ3) is 4.27. The molecule has 106 valence electrons. The van der Waals surface area contributed by atoms with E-state index in [1.165, 1.54) is 38.6 Å². The molecule has 0 bridgehead atoms. The average Bonchev–Trinajstić information content (AvgIpc) is 2.27. The van der Waals surface area contributed by atoms with Crippen molar-refractivity contribution in [3.63, 3.8) is 0 Å². The van der Waals surface area contributed by atoms with E-state index in [-0.39, 0.29) is 5.41 Å². The van der Waals surface area contributed by atoms with E-state index in [1.807, 2.05) is 0 Å². The van der Waals surface area contributed by atoms with Gasteiger partial charge in [0.1, 0.15) is 0 Å². The van der Waals surface area contributed by atoms with E-state index in [4.69, 9.17) is 11.1 Å². The predicted octanol–water partition coefficient (Wildman–Crippen LogP) is 3.38. The highest BCUT2D eigenvalue weighted by atomic mass is 15.2. The van der Waals surface area contributed by atoms with Crippen molar-refractivity contribution in [2.24, 2.45) is 11.1 Å². The van der Waals surface area contributed by atoms with Crippen LogP contribution in [0.3, 0.4) is 0 Å². The molecule has 18 heavy (non-hydrogen) atoms. The molecule has 0 aromatic heterocycles. The molecule has 2 unspecified atom stereocenters. The first kappa shape index (κ1) is 15.5. The summed E-state index contributed by atoms with van der Waals surface area (Å²) in [6.07, 6.45) is 7.51. The molecule has 2 atom stereocenters. The van der Waals surface area contributed by atoms with Gasteiger partial charge in [-0.15, -0.1) is 0 Å². The number of nitrogens with zero attached hydrogens (tertiary/aromatic N) is 1. The molecule has 0 aromatic rings. The third-order valence-electron chi connectivity index (χ3n) is 4.57. The van der Waals surface area contributed by atoms with Crippen LogP contribution >= 0.6 is 0 Å². The normalized spacial score (nSPS) is 26.2. The Morgan fingerprint density at radius 1 is 1.22 bits per heavy atom. The topological polar surface area (TPSA) is 53.1 Å². The van der Waals surface area contributed by atoms with Crippen molar-refractivity contribution in [3.05, 3.63) is 0 Å². The SMILES string of the molecule is CC1CCCC(C)N1CCCCC(C)(C)C(=N)N. The van der Waals surface area contributed by atoms with Gasteiger partial charge in [0, 0.05) is 17.5 Å². The molecular weight excluding hydrogens is 222 g/mol. The molecule has 1 heterocycles. The Kier molecular flexibility index (Phi) is 5.64. The molecule has 0 aromatic carbocycles. The van der Waals surface area contributed by atoms with Crippen molar-refractivity contribution in [1.29, 1.82) is 5.41 Å². The number of unbranched alkanes of at least 4 members (excludes halogenated alkanes) is 1. The summed E-state index contributed by atoms with van der Waals surface area (Å²) in [6, 6.07) is 1.49. The highest BCUT2D eigenvalue weighted by Crippen LogP contribution is 2.25. The Hall–Kier alpha value is -0.570. The number of rotatable bonds is 6. The number of nitrogens with two attached hydrogens (primary N) is 1. The van der Waals surface area contributed by atoms with Crippen molar-refractivity contribution in [2.75, 3.05) is 6.54 Å². The zero-order chi connectivity index (χ0) is 13.8. The van der Waals surface area contributed by atoms with Crippen LogP contribution in [0, 0.1) is 10.8 Å². The van der Waals surface area contributed by atoms with Crippen LogP contribution in [-0.4, -0.2) is 29.4 Å². The van der Waals surface area contributed by atoms with Crippen LogP contribution in [0.4, 0.5) is 0 Å². The van der Waals surface area contributed by atoms with Crippen LogP contribution in [0.25, 0.3) is 0 Å². The van der Waals surface area contributed by atoms with E-state index in [9.17, 15) is 0 Å². The van der Waals surface area contributed by atoms with Gasteiger partial charge in [0.25, 0.3) is 0 Å². The van der Waals surface area contributed by atoms with E-state index < -0.39 is 0 Å². The maximum atomic E-state index is 7.56.